The monoisotopic (exact) mass is 519 g/mol. The fraction of sp³-hybridized carbons (Fsp3) is 0.419. The Bertz CT molecular complexity index is 1140. The van der Waals surface area contributed by atoms with Crippen LogP contribution in [0.15, 0.2) is 72.9 Å². The molecule has 38 heavy (non-hydrogen) atoms. The number of hydrogen-bond donors (Lipinski definition) is 0. The van der Waals surface area contributed by atoms with Gasteiger partial charge in [0, 0.05) is 50.7 Å². The highest BCUT2D eigenvalue weighted by atomic mass is 16.5. The van der Waals surface area contributed by atoms with Crippen LogP contribution in [0.5, 0.6) is 5.75 Å². The van der Waals surface area contributed by atoms with Gasteiger partial charge < -0.3 is 23.8 Å². The van der Waals surface area contributed by atoms with Gasteiger partial charge in [-0.1, -0.05) is 56.3 Å². The molecule has 0 aliphatic heterocycles. The minimum absolute atomic E-state index is 0.0177. The van der Waals surface area contributed by atoms with Crippen molar-refractivity contribution in [2.75, 3.05) is 33.4 Å². The van der Waals surface area contributed by atoms with E-state index in [0.29, 0.717) is 45.8 Å². The van der Waals surface area contributed by atoms with E-state index in [1.165, 1.54) is 0 Å². The lowest BCUT2D eigenvalue weighted by molar-refractivity contribution is -0.143. The Balaban J connectivity index is 1.79. The van der Waals surface area contributed by atoms with E-state index in [4.69, 9.17) is 9.47 Å². The average Bonchev–Trinajstić information content (AvgIpc) is 3.36. The van der Waals surface area contributed by atoms with Crippen LogP contribution in [0.4, 0.5) is 0 Å². The Hall–Kier alpha value is -3.58. The lowest BCUT2D eigenvalue weighted by atomic mass is 10.1. The van der Waals surface area contributed by atoms with Gasteiger partial charge in [0.25, 0.3) is 0 Å². The molecule has 2 aromatic carbocycles. The smallest absolute Gasteiger partial charge is 0.242 e. The van der Waals surface area contributed by atoms with Crippen LogP contribution in [0.25, 0.3) is 0 Å². The molecular weight excluding hydrogens is 478 g/mol. The van der Waals surface area contributed by atoms with Crippen molar-refractivity contribution in [2.45, 2.75) is 46.8 Å². The molecule has 0 radical (unpaired) electrons. The number of rotatable bonds is 15. The molecule has 0 fully saturated rings. The Labute approximate surface area is 227 Å². The second-order valence-electron chi connectivity index (χ2n) is 9.68. The summed E-state index contributed by atoms with van der Waals surface area (Å²) in [5, 5.41) is 0. The molecule has 0 N–H and O–H groups in total. The van der Waals surface area contributed by atoms with Gasteiger partial charge in [0.05, 0.1) is 20.2 Å². The van der Waals surface area contributed by atoms with Gasteiger partial charge in [-0.05, 0) is 48.7 Å². The van der Waals surface area contributed by atoms with Crippen molar-refractivity contribution in [1.29, 1.82) is 0 Å². The van der Waals surface area contributed by atoms with Crippen LogP contribution < -0.4 is 4.74 Å². The second-order valence-corrected chi connectivity index (χ2v) is 9.68. The highest BCUT2D eigenvalue weighted by Crippen LogP contribution is 2.17. The first-order chi connectivity index (χ1) is 18.4. The summed E-state index contributed by atoms with van der Waals surface area (Å²) in [5.41, 5.74) is 3.19. The third kappa shape index (κ3) is 8.77. The topological polar surface area (TPSA) is 64.0 Å². The summed E-state index contributed by atoms with van der Waals surface area (Å²) in [7, 11) is 1.66. The summed E-state index contributed by atoms with van der Waals surface area (Å²) in [6.45, 7) is 9.01. The van der Waals surface area contributed by atoms with E-state index in [1.54, 1.807) is 12.0 Å². The zero-order valence-electron chi connectivity index (χ0n) is 23.1. The maximum absolute atomic E-state index is 13.7. The minimum atomic E-state index is -0.183. The molecule has 0 saturated carbocycles. The lowest BCUT2D eigenvalue weighted by Crippen LogP contribution is -2.44. The van der Waals surface area contributed by atoms with E-state index < -0.39 is 0 Å². The van der Waals surface area contributed by atoms with E-state index >= 15 is 0 Å². The molecule has 0 aliphatic rings. The van der Waals surface area contributed by atoms with Crippen molar-refractivity contribution in [3.05, 3.63) is 89.7 Å². The molecular formula is C31H41N3O4. The fourth-order valence-electron chi connectivity index (χ4n) is 4.34. The van der Waals surface area contributed by atoms with Crippen molar-refractivity contribution >= 4 is 11.8 Å². The predicted molar refractivity (Wildman–Crippen MR) is 150 cm³/mol. The lowest BCUT2D eigenvalue weighted by Gasteiger charge is -2.29. The Morgan fingerprint density at radius 1 is 0.921 bits per heavy atom. The van der Waals surface area contributed by atoms with Gasteiger partial charge in [0.1, 0.15) is 5.75 Å². The third-order valence-electron chi connectivity index (χ3n) is 6.38. The van der Waals surface area contributed by atoms with Gasteiger partial charge in [-0.3, -0.25) is 9.59 Å². The van der Waals surface area contributed by atoms with Gasteiger partial charge in [-0.15, -0.1) is 0 Å². The molecule has 204 valence electrons. The standard InChI is InChI=1S/C31H41N3O4/c1-5-38-19-11-18-33(31(36)25(2)3)24-30(35)34(21-26-12-7-6-8-13-26)23-28-15-10-17-32(28)22-27-14-9-16-29(20-27)37-4/h6-10,12-17,20,25H,5,11,18-19,21-24H2,1-4H3. The van der Waals surface area contributed by atoms with Crippen LogP contribution in [0.2, 0.25) is 0 Å². The second kappa shape index (κ2) is 15.0. The first kappa shape index (κ1) is 29.0. The maximum Gasteiger partial charge on any atom is 0.242 e. The molecule has 2 amide bonds. The van der Waals surface area contributed by atoms with Gasteiger partial charge in [0.2, 0.25) is 11.8 Å². The number of nitrogens with zero attached hydrogens (tertiary/aromatic N) is 3. The van der Waals surface area contributed by atoms with E-state index in [1.807, 2.05) is 92.5 Å². The summed E-state index contributed by atoms with van der Waals surface area (Å²) in [4.78, 5) is 30.2. The van der Waals surface area contributed by atoms with Gasteiger partial charge in [-0.25, -0.2) is 0 Å². The van der Waals surface area contributed by atoms with Crippen LogP contribution in [-0.2, 0) is 34.0 Å². The van der Waals surface area contributed by atoms with Gasteiger partial charge >= 0.3 is 0 Å². The van der Waals surface area contributed by atoms with Gasteiger partial charge in [0.15, 0.2) is 0 Å². The largest absolute Gasteiger partial charge is 0.497 e. The van der Waals surface area contributed by atoms with Crippen molar-refractivity contribution < 1.29 is 19.1 Å². The first-order valence-corrected chi connectivity index (χ1v) is 13.4. The number of ether oxygens (including phenoxy) is 2. The van der Waals surface area contributed by atoms with Crippen LogP contribution in [0.3, 0.4) is 0 Å². The molecule has 0 saturated heterocycles. The van der Waals surface area contributed by atoms with Crippen molar-refractivity contribution in [2.24, 2.45) is 5.92 Å². The quantitative estimate of drug-likeness (QED) is 0.266. The molecule has 3 rings (SSSR count). The average molecular weight is 520 g/mol. The SMILES string of the molecule is CCOCCCN(CC(=O)N(Cc1ccccc1)Cc1cccn1Cc1cccc(OC)c1)C(=O)C(C)C. The molecule has 0 atom stereocenters. The first-order valence-electron chi connectivity index (χ1n) is 13.4. The molecule has 7 heteroatoms. The number of hydrogen-bond acceptors (Lipinski definition) is 4. The Kier molecular flexibility index (Phi) is 11.4. The maximum atomic E-state index is 13.7. The van der Waals surface area contributed by atoms with Crippen LogP contribution in [-0.4, -0.2) is 59.6 Å². The van der Waals surface area contributed by atoms with Crippen LogP contribution in [0, 0.1) is 5.92 Å². The molecule has 0 spiro atoms. The van der Waals surface area contributed by atoms with Gasteiger partial charge in [-0.2, -0.15) is 0 Å². The van der Waals surface area contributed by atoms with E-state index in [9.17, 15) is 9.59 Å². The fourth-order valence-corrected chi connectivity index (χ4v) is 4.34. The van der Waals surface area contributed by atoms with Crippen molar-refractivity contribution in [3.8, 4) is 5.75 Å². The van der Waals surface area contributed by atoms with Crippen molar-refractivity contribution in [1.82, 2.24) is 14.4 Å². The van der Waals surface area contributed by atoms with E-state index in [-0.39, 0.29) is 24.3 Å². The zero-order chi connectivity index (χ0) is 27.3. The normalized spacial score (nSPS) is 11.0. The minimum Gasteiger partial charge on any atom is -0.497 e. The zero-order valence-corrected chi connectivity index (χ0v) is 23.1. The number of amides is 2. The number of carbonyl (C=O) groups excluding carboxylic acids is 2. The Morgan fingerprint density at radius 2 is 1.68 bits per heavy atom. The summed E-state index contributed by atoms with van der Waals surface area (Å²) >= 11 is 0. The number of carbonyl (C=O) groups is 2. The highest BCUT2D eigenvalue weighted by molar-refractivity contribution is 5.85. The predicted octanol–water partition coefficient (Wildman–Crippen LogP) is 4.99. The third-order valence-corrected chi connectivity index (χ3v) is 6.38. The van der Waals surface area contributed by atoms with Crippen LogP contribution in [0.1, 0.15) is 44.0 Å². The summed E-state index contributed by atoms with van der Waals surface area (Å²) in [5.74, 6) is 0.540. The number of methoxy groups -OCH3 is 1. The van der Waals surface area contributed by atoms with Crippen molar-refractivity contribution in [3.63, 3.8) is 0 Å². The highest BCUT2D eigenvalue weighted by Gasteiger charge is 2.24. The molecule has 0 aliphatic carbocycles. The molecule has 7 nitrogen and oxygen atoms in total. The summed E-state index contributed by atoms with van der Waals surface area (Å²) in [6.07, 6.45) is 2.73. The number of aromatic nitrogens is 1. The number of benzene rings is 2. The summed E-state index contributed by atoms with van der Waals surface area (Å²) < 4.78 is 13.0. The molecule has 1 aromatic heterocycles. The molecule has 1 heterocycles. The molecule has 0 bridgehead atoms. The molecule has 0 unspecified atom stereocenters. The molecule has 3 aromatic rings. The van der Waals surface area contributed by atoms with Crippen LogP contribution >= 0.6 is 0 Å². The Morgan fingerprint density at radius 3 is 2.39 bits per heavy atom. The van der Waals surface area contributed by atoms with E-state index in [2.05, 4.69) is 10.6 Å². The summed E-state index contributed by atoms with van der Waals surface area (Å²) in [6, 6.07) is 22.0. The van der Waals surface area contributed by atoms with E-state index in [0.717, 1.165) is 22.6 Å².